The molecule has 0 unspecified atom stereocenters. The van der Waals surface area contributed by atoms with Gasteiger partial charge in [-0.25, -0.2) is 4.68 Å². The molecule has 0 aliphatic heterocycles. The van der Waals surface area contributed by atoms with Crippen LogP contribution in [0.4, 0.5) is 5.69 Å². The van der Waals surface area contributed by atoms with E-state index in [0.717, 1.165) is 11.1 Å². The highest BCUT2D eigenvalue weighted by atomic mass is 16.5. The Hall–Kier alpha value is -2.30. The zero-order chi connectivity index (χ0) is 13.1. The molecule has 0 aliphatic carbocycles. The third-order valence-electron chi connectivity index (χ3n) is 2.64. The van der Waals surface area contributed by atoms with Crippen molar-refractivity contribution in [2.75, 3.05) is 12.8 Å². The minimum absolute atomic E-state index is 0.131. The normalized spacial score (nSPS) is 10.3. The highest BCUT2D eigenvalue weighted by Gasteiger charge is 2.06. The van der Waals surface area contributed by atoms with Crippen LogP contribution in [-0.4, -0.2) is 16.9 Å². The third kappa shape index (κ3) is 2.51. The lowest BCUT2D eigenvalue weighted by Crippen LogP contribution is -2.22. The fourth-order valence-electron chi connectivity index (χ4n) is 1.70. The van der Waals surface area contributed by atoms with Gasteiger partial charge in [0.25, 0.3) is 5.56 Å². The predicted molar refractivity (Wildman–Crippen MR) is 69.7 cm³/mol. The molecule has 94 valence electrons. The van der Waals surface area contributed by atoms with E-state index in [1.807, 2.05) is 13.0 Å². The molecule has 0 spiro atoms. The summed E-state index contributed by atoms with van der Waals surface area (Å²) in [6.07, 6.45) is 1.66. The van der Waals surface area contributed by atoms with Gasteiger partial charge in [0.2, 0.25) is 0 Å². The molecule has 0 aliphatic rings. The summed E-state index contributed by atoms with van der Waals surface area (Å²) < 4.78 is 6.63. The second-order valence-electron chi connectivity index (χ2n) is 4.10. The van der Waals surface area contributed by atoms with E-state index in [-0.39, 0.29) is 5.56 Å². The molecular formula is C13H15N3O2. The van der Waals surface area contributed by atoms with Gasteiger partial charge in [-0.05, 0) is 18.6 Å². The van der Waals surface area contributed by atoms with Gasteiger partial charge in [0.15, 0.2) is 0 Å². The maximum absolute atomic E-state index is 11.7. The summed E-state index contributed by atoms with van der Waals surface area (Å²) in [5.74, 6) is 0.657. The molecule has 1 aromatic heterocycles. The van der Waals surface area contributed by atoms with E-state index in [4.69, 9.17) is 10.5 Å². The van der Waals surface area contributed by atoms with Crippen molar-refractivity contribution < 1.29 is 4.74 Å². The van der Waals surface area contributed by atoms with Gasteiger partial charge in [-0.1, -0.05) is 6.07 Å². The molecule has 1 aromatic carbocycles. The van der Waals surface area contributed by atoms with Crippen LogP contribution in [0.15, 0.2) is 35.3 Å². The fraction of sp³-hybridized carbons (Fsp3) is 0.231. The Morgan fingerprint density at radius 2 is 2.17 bits per heavy atom. The Morgan fingerprint density at radius 1 is 1.39 bits per heavy atom. The van der Waals surface area contributed by atoms with Crippen LogP contribution < -0.4 is 16.0 Å². The van der Waals surface area contributed by atoms with Gasteiger partial charge in [0.05, 0.1) is 19.9 Å². The first kappa shape index (κ1) is 12.2. The van der Waals surface area contributed by atoms with Crippen LogP contribution in [0.5, 0.6) is 5.75 Å². The number of anilines is 1. The van der Waals surface area contributed by atoms with Crippen molar-refractivity contribution in [2.45, 2.75) is 13.5 Å². The highest BCUT2D eigenvalue weighted by molar-refractivity contribution is 5.48. The Balaban J connectivity index is 2.37. The molecule has 2 rings (SSSR count). The number of nitrogens with zero attached hydrogens (tertiary/aromatic N) is 2. The van der Waals surface area contributed by atoms with Gasteiger partial charge in [-0.3, -0.25) is 4.79 Å². The lowest BCUT2D eigenvalue weighted by atomic mass is 10.2. The van der Waals surface area contributed by atoms with Crippen LogP contribution >= 0.6 is 0 Å². The zero-order valence-electron chi connectivity index (χ0n) is 10.4. The highest BCUT2D eigenvalue weighted by Crippen LogP contribution is 2.21. The first-order valence-corrected chi connectivity index (χ1v) is 5.56. The Morgan fingerprint density at radius 3 is 2.83 bits per heavy atom. The van der Waals surface area contributed by atoms with Crippen LogP contribution in [0, 0.1) is 6.92 Å². The van der Waals surface area contributed by atoms with E-state index in [1.165, 1.54) is 4.68 Å². The van der Waals surface area contributed by atoms with E-state index < -0.39 is 0 Å². The lowest BCUT2D eigenvalue weighted by molar-refractivity contribution is 0.407. The van der Waals surface area contributed by atoms with Crippen LogP contribution in [0.1, 0.15) is 11.1 Å². The monoisotopic (exact) mass is 245 g/mol. The van der Waals surface area contributed by atoms with E-state index in [0.29, 0.717) is 18.0 Å². The largest absolute Gasteiger partial charge is 0.496 e. The van der Waals surface area contributed by atoms with Crippen molar-refractivity contribution in [2.24, 2.45) is 0 Å². The SMILES string of the molecule is COc1cc(N)ccc1Cn1ncc(C)cc1=O. The molecule has 0 saturated carbocycles. The van der Waals surface area contributed by atoms with Crippen LogP contribution in [-0.2, 0) is 6.54 Å². The lowest BCUT2D eigenvalue weighted by Gasteiger charge is -2.10. The number of aromatic nitrogens is 2. The van der Waals surface area contributed by atoms with Crippen molar-refractivity contribution >= 4 is 5.69 Å². The average molecular weight is 245 g/mol. The summed E-state index contributed by atoms with van der Waals surface area (Å²) in [6, 6.07) is 6.89. The molecule has 0 saturated heterocycles. The van der Waals surface area contributed by atoms with Gasteiger partial charge in [-0.2, -0.15) is 5.10 Å². The molecule has 1 heterocycles. The summed E-state index contributed by atoms with van der Waals surface area (Å²) in [6.45, 7) is 2.20. The Labute approximate surface area is 105 Å². The number of nitrogens with two attached hydrogens (primary N) is 1. The maximum Gasteiger partial charge on any atom is 0.267 e. The molecule has 5 nitrogen and oxygen atoms in total. The summed E-state index contributed by atoms with van der Waals surface area (Å²) in [4.78, 5) is 11.7. The van der Waals surface area contributed by atoms with Crippen molar-refractivity contribution in [3.63, 3.8) is 0 Å². The molecule has 0 atom stereocenters. The van der Waals surface area contributed by atoms with E-state index in [2.05, 4.69) is 5.10 Å². The summed E-state index contributed by atoms with van der Waals surface area (Å²) in [7, 11) is 1.57. The summed E-state index contributed by atoms with van der Waals surface area (Å²) >= 11 is 0. The summed E-state index contributed by atoms with van der Waals surface area (Å²) in [5, 5.41) is 4.09. The number of aryl methyl sites for hydroxylation is 1. The van der Waals surface area contributed by atoms with Gasteiger partial charge in [-0.15, -0.1) is 0 Å². The number of nitrogen functional groups attached to an aromatic ring is 1. The fourth-order valence-corrected chi connectivity index (χ4v) is 1.70. The van der Waals surface area contributed by atoms with Crippen LogP contribution in [0.2, 0.25) is 0 Å². The number of methoxy groups -OCH3 is 1. The van der Waals surface area contributed by atoms with E-state index >= 15 is 0 Å². The molecule has 0 bridgehead atoms. The van der Waals surface area contributed by atoms with Gasteiger partial charge < -0.3 is 10.5 Å². The Kier molecular flexibility index (Phi) is 3.32. The number of benzene rings is 1. The number of rotatable bonds is 3. The van der Waals surface area contributed by atoms with Crippen molar-refractivity contribution in [3.05, 3.63) is 51.9 Å². The van der Waals surface area contributed by atoms with Crippen LogP contribution in [0.3, 0.4) is 0 Å². The number of hydrogen-bond donors (Lipinski definition) is 1. The molecular weight excluding hydrogens is 230 g/mol. The molecule has 0 amide bonds. The first-order chi connectivity index (χ1) is 8.60. The van der Waals surface area contributed by atoms with Crippen LogP contribution in [0.25, 0.3) is 0 Å². The molecule has 2 aromatic rings. The molecule has 18 heavy (non-hydrogen) atoms. The van der Waals surface area contributed by atoms with Gasteiger partial charge in [0, 0.05) is 23.4 Å². The average Bonchev–Trinajstić information content (AvgIpc) is 2.34. The zero-order valence-corrected chi connectivity index (χ0v) is 10.4. The summed E-state index contributed by atoms with van der Waals surface area (Å²) in [5.41, 5.74) is 7.89. The van der Waals surface area contributed by atoms with E-state index in [9.17, 15) is 4.79 Å². The quantitative estimate of drug-likeness (QED) is 0.825. The van der Waals surface area contributed by atoms with Gasteiger partial charge in [0.1, 0.15) is 5.75 Å². The Bertz CT molecular complexity index is 620. The molecule has 0 fully saturated rings. The third-order valence-corrected chi connectivity index (χ3v) is 2.64. The second kappa shape index (κ2) is 4.91. The first-order valence-electron chi connectivity index (χ1n) is 5.56. The number of ether oxygens (including phenoxy) is 1. The number of hydrogen-bond acceptors (Lipinski definition) is 4. The predicted octanol–water partition coefficient (Wildman–Crippen LogP) is 1.19. The second-order valence-corrected chi connectivity index (χ2v) is 4.10. The minimum atomic E-state index is -0.131. The van der Waals surface area contributed by atoms with Crippen molar-refractivity contribution in [1.82, 2.24) is 9.78 Å². The molecule has 2 N–H and O–H groups in total. The van der Waals surface area contributed by atoms with Crippen molar-refractivity contribution in [1.29, 1.82) is 0 Å². The topological polar surface area (TPSA) is 70.1 Å². The van der Waals surface area contributed by atoms with Gasteiger partial charge >= 0.3 is 0 Å². The smallest absolute Gasteiger partial charge is 0.267 e. The van der Waals surface area contributed by atoms with E-state index in [1.54, 1.807) is 31.5 Å². The van der Waals surface area contributed by atoms with Crippen molar-refractivity contribution in [3.8, 4) is 5.75 Å². The minimum Gasteiger partial charge on any atom is -0.496 e. The molecule has 0 radical (unpaired) electrons. The standard InChI is InChI=1S/C13H15N3O2/c1-9-5-13(17)16(15-7-9)8-10-3-4-11(14)6-12(10)18-2/h3-7H,8,14H2,1-2H3. The maximum atomic E-state index is 11.7. The molecule has 5 heteroatoms.